The summed E-state index contributed by atoms with van der Waals surface area (Å²) in [6.45, 7) is 55.9. The van der Waals surface area contributed by atoms with Gasteiger partial charge in [0.1, 0.15) is 6.04 Å². The molecule has 2 aromatic rings. The number of aromatic nitrogens is 8. The monoisotopic (exact) mass is 1370 g/mol. The van der Waals surface area contributed by atoms with Gasteiger partial charge in [0, 0.05) is 32.7 Å². The molecule has 10 aliphatic rings. The predicted molar refractivity (Wildman–Crippen MR) is 386 cm³/mol. The second kappa shape index (κ2) is 26.0. The second-order valence-corrected chi connectivity index (χ2v) is 39.2. The number of anilines is 2. The summed E-state index contributed by atoms with van der Waals surface area (Å²) in [5, 5.41) is 47.1. The number of nitrogens with zero attached hydrogens (tertiary/aromatic N) is 7. The Morgan fingerprint density at radius 3 is 1.39 bits per heavy atom. The van der Waals surface area contributed by atoms with Crippen LogP contribution in [0.1, 0.15) is 250 Å². The Hall–Kier alpha value is -4.08. The van der Waals surface area contributed by atoms with Gasteiger partial charge in [-0.25, -0.2) is 0 Å². The molecule has 4 heterocycles. The molecule has 2 saturated heterocycles. The van der Waals surface area contributed by atoms with Crippen LogP contribution in [0.15, 0.2) is 23.3 Å². The molecule has 8 aliphatic carbocycles. The first-order valence-corrected chi connectivity index (χ1v) is 37.5. The van der Waals surface area contributed by atoms with E-state index in [1.165, 1.54) is 5.57 Å². The zero-order valence-corrected chi connectivity index (χ0v) is 64.2. The minimum atomic E-state index is -0.634. The fourth-order valence-electron chi connectivity index (χ4n) is 24.0. The van der Waals surface area contributed by atoms with E-state index in [0.717, 1.165) is 90.3 Å². The van der Waals surface area contributed by atoms with E-state index in [0.29, 0.717) is 73.8 Å². The Bertz CT molecular complexity index is 3260. The number of allylic oxidation sites excluding steroid dienone is 2. The van der Waals surface area contributed by atoms with Gasteiger partial charge in [-0.2, -0.15) is 10.0 Å². The van der Waals surface area contributed by atoms with Crippen molar-refractivity contribution >= 4 is 23.8 Å². The predicted octanol–water partition coefficient (Wildman–Crippen LogP) is 14.3. The molecule has 0 spiro atoms. The van der Waals surface area contributed by atoms with Gasteiger partial charge < -0.3 is 52.1 Å². The van der Waals surface area contributed by atoms with Crippen LogP contribution < -0.4 is 22.9 Å². The van der Waals surface area contributed by atoms with Gasteiger partial charge in [0.15, 0.2) is 0 Å². The van der Waals surface area contributed by atoms with Crippen LogP contribution in [0.3, 0.4) is 0 Å². The summed E-state index contributed by atoms with van der Waals surface area (Å²) < 4.78 is 27.2. The standard InChI is InChI=1S/C38H64N6O4.C38H65NO4.CH3N5.CH4/c1-22(2)23(3)33(7)16-17-35(9)24-12-13-27-34(8)19-47-21-38(27,25(24)14-15-36(35,10)28(33)30(45)46)18-26(44-42-31(39)41-43-44)29(34)48-20-37(11,40)32(4,5)6;1-23(2)25(4)33(8)17-18-35(10)26-13-14-28-34(9)20-42-22-38(28,27(26)15-16-36(35,11)29(33)31(40)41)19-24(3)30(34)43-21-37(12,39)32(5,6)7;2-1-3-5-6-4-1;/h14,22-24,26-29H,12-13,15-21,40H2,1-11H3,(H2,39,42)(H,45,46);15,23-26,28-30H,13-14,16-22,39H2,1-12H3,(H,40,41);(H3,2,3,4,5,6);1H4/t23-,24+,26-,27+,28-,29+,33-,34-,35-,36+,37+,38+;24-,25-,26+,28+,29-,30+,33-,34-,35-,36+,37+,38+;;/m11../s1. The number of aromatic amines is 1. The third kappa shape index (κ3) is 11.8. The fourth-order valence-corrected chi connectivity index (χ4v) is 24.0. The Morgan fingerprint density at radius 2 is 1.03 bits per heavy atom. The van der Waals surface area contributed by atoms with E-state index in [2.05, 4.69) is 207 Å². The zero-order chi connectivity index (χ0) is 72.0. The molecule has 2 aromatic heterocycles. The number of carbonyl (C=O) groups is 2. The molecule has 20 heteroatoms. The van der Waals surface area contributed by atoms with Gasteiger partial charge in [0.05, 0.1) is 63.7 Å². The number of nitrogen functional groups attached to an aromatic ring is 2. The Labute approximate surface area is 589 Å². The number of H-pyrrole nitrogens is 1. The van der Waals surface area contributed by atoms with Gasteiger partial charge in [-0.15, -0.1) is 10.2 Å². The van der Waals surface area contributed by atoms with E-state index in [-0.39, 0.29) is 114 Å². The molecule has 24 atom stereocenters. The average Bonchev–Trinajstić information content (AvgIpc) is 0.678. The molecule has 20 nitrogen and oxygen atoms in total. The van der Waals surface area contributed by atoms with Crippen LogP contribution in [0.25, 0.3) is 0 Å². The number of nitrogens with two attached hydrogens (primary N) is 4. The molecule has 6 saturated carbocycles. The minimum absolute atomic E-state index is 0. The number of nitrogens with one attached hydrogen (secondary N) is 1. The number of rotatable bonds is 13. The van der Waals surface area contributed by atoms with Crippen molar-refractivity contribution in [3.63, 3.8) is 0 Å². The Morgan fingerprint density at radius 1 is 0.612 bits per heavy atom. The van der Waals surface area contributed by atoms with Crippen molar-refractivity contribution in [1.29, 1.82) is 0 Å². The second-order valence-electron chi connectivity index (χ2n) is 39.2. The lowest BCUT2D eigenvalue weighted by atomic mass is 9.34. The quantitative estimate of drug-likeness (QED) is 0.0917. The maximum atomic E-state index is 13.4. The zero-order valence-electron chi connectivity index (χ0n) is 64.2. The number of carboxylic acid groups (broad SMARTS) is 2. The number of carboxylic acids is 2. The Kier molecular flexibility index (Phi) is 20.7. The smallest absolute Gasteiger partial charge is 0.307 e. The van der Waals surface area contributed by atoms with Crippen molar-refractivity contribution in [2.24, 2.45) is 142 Å². The lowest BCUT2D eigenvalue weighted by Crippen LogP contribution is -2.69. The first-order chi connectivity index (χ1) is 44.6. The van der Waals surface area contributed by atoms with Crippen molar-refractivity contribution in [2.45, 2.75) is 273 Å². The fraction of sp³-hybridized carbons (Fsp3) is 0.897. The largest absolute Gasteiger partial charge is 0.481 e. The van der Waals surface area contributed by atoms with E-state index < -0.39 is 28.9 Å². The maximum Gasteiger partial charge on any atom is 0.307 e. The lowest BCUT2D eigenvalue weighted by molar-refractivity contribution is -0.254. The van der Waals surface area contributed by atoms with Gasteiger partial charge >= 0.3 is 11.9 Å². The number of ether oxygens (including phenoxy) is 4. The van der Waals surface area contributed by atoms with Crippen LogP contribution in [0.4, 0.5) is 11.9 Å². The van der Waals surface area contributed by atoms with Crippen LogP contribution in [0.2, 0.25) is 0 Å². The molecule has 2 aliphatic heterocycles. The van der Waals surface area contributed by atoms with Gasteiger partial charge in [-0.3, -0.25) is 9.59 Å². The lowest BCUT2D eigenvalue weighted by Gasteiger charge is -2.71. The van der Waals surface area contributed by atoms with Crippen molar-refractivity contribution in [3.8, 4) is 0 Å². The van der Waals surface area contributed by atoms with E-state index in [1.807, 2.05) is 0 Å². The first-order valence-electron chi connectivity index (χ1n) is 37.5. The summed E-state index contributed by atoms with van der Waals surface area (Å²) >= 11 is 0. The summed E-state index contributed by atoms with van der Waals surface area (Å²) in [6, 6.07) is -0.204. The molecule has 11 N–H and O–H groups in total. The number of tetrazole rings is 2. The maximum absolute atomic E-state index is 13.4. The molecule has 0 amide bonds. The average molecular weight is 1370 g/mol. The van der Waals surface area contributed by atoms with Crippen LogP contribution >= 0.6 is 0 Å². The number of hydrogen-bond acceptors (Lipinski definition) is 16. The van der Waals surface area contributed by atoms with Crippen molar-refractivity contribution in [2.75, 3.05) is 51.1 Å². The highest BCUT2D eigenvalue weighted by Crippen LogP contribution is 2.78. The molecule has 0 radical (unpaired) electrons. The molecule has 556 valence electrons. The molecule has 98 heavy (non-hydrogen) atoms. The van der Waals surface area contributed by atoms with Crippen molar-refractivity contribution < 1.29 is 38.7 Å². The highest BCUT2D eigenvalue weighted by molar-refractivity contribution is 5.74. The highest BCUT2D eigenvalue weighted by atomic mass is 16.5. The normalized spacial score (nSPS) is 43.5. The van der Waals surface area contributed by atoms with Crippen molar-refractivity contribution in [3.05, 3.63) is 23.3 Å². The topological polar surface area (TPSA) is 314 Å². The molecular weight excluding hydrogens is 1230 g/mol. The summed E-state index contributed by atoms with van der Waals surface area (Å²) in [7, 11) is 0. The van der Waals surface area contributed by atoms with E-state index in [9.17, 15) is 19.8 Å². The number of hydrogen-bond donors (Lipinski definition) is 7. The third-order valence-corrected chi connectivity index (χ3v) is 32.1. The summed E-state index contributed by atoms with van der Waals surface area (Å²) in [6.07, 6.45) is 16.8. The van der Waals surface area contributed by atoms with E-state index >= 15 is 0 Å². The van der Waals surface area contributed by atoms with Crippen LogP contribution in [-0.4, -0.2) is 126 Å². The summed E-state index contributed by atoms with van der Waals surface area (Å²) in [4.78, 5) is 28.4. The summed E-state index contributed by atoms with van der Waals surface area (Å²) in [5.41, 5.74) is 24.7. The Balaban J connectivity index is 0.000000210. The number of aliphatic carboxylic acids is 2. The van der Waals surface area contributed by atoms with Crippen LogP contribution in [0.5, 0.6) is 0 Å². The molecule has 8 fully saturated rings. The van der Waals surface area contributed by atoms with Gasteiger partial charge in [-0.05, 0) is 198 Å². The minimum Gasteiger partial charge on any atom is -0.481 e. The molecular formula is C78H136N12O8. The van der Waals surface area contributed by atoms with E-state index in [4.69, 9.17) is 41.9 Å². The van der Waals surface area contributed by atoms with Crippen LogP contribution in [-0.2, 0) is 28.5 Å². The van der Waals surface area contributed by atoms with Gasteiger partial charge in [0.25, 0.3) is 11.9 Å². The molecule has 4 bridgehead atoms. The molecule has 12 rings (SSSR count). The number of fused-ring (bicyclic) bond motifs is 6. The van der Waals surface area contributed by atoms with Gasteiger partial charge in [0.2, 0.25) is 0 Å². The highest BCUT2D eigenvalue weighted by Gasteiger charge is 2.74. The summed E-state index contributed by atoms with van der Waals surface area (Å²) in [5.74, 6) is 1.79. The first kappa shape index (κ1) is 78.1. The van der Waals surface area contributed by atoms with Crippen LogP contribution in [0, 0.1) is 130 Å². The van der Waals surface area contributed by atoms with Crippen molar-refractivity contribution in [1.82, 2.24) is 40.8 Å². The van der Waals surface area contributed by atoms with E-state index in [1.54, 1.807) is 10.4 Å². The van der Waals surface area contributed by atoms with Gasteiger partial charge in [-0.1, -0.05) is 186 Å². The molecule has 0 aromatic carbocycles. The molecule has 0 unspecified atom stereocenters. The SMILES string of the molecule is C.CC(C)[C@@H](C)[C@@]1(C)CC[C@]2(C)[C@H]3CC[C@@H]4[C@@]5(COC[C@@]4(C)[C@@H](OC[C@](C)(N)C(C)(C)C)[C@H](C)C5)C3=CC[C@@]2(C)[C@@H]1C(=O)O.CC(C)[C@@H](C)[C@@]1(C)CC[C@]2(C)[C@H]3CC[C@@H]4[C@@]5(COC[C@@]4(C)[C@@H](OC[C@](C)(N)C(C)(C)C)[C@H](n4nnc(N)n4)C5)C3=CC[C@@]2(C)[C@@H]1C(=O)O.Nc1nn[nH]n1. The third-order valence-electron chi connectivity index (χ3n) is 32.1.